The SMILES string of the molecule is COc1ccc(C(=O)NCc2nnc(SCC(=O)Nc3cccc(C)c3C)n2-c2cc(C)ccc2C)cc1. The van der Waals surface area contributed by atoms with Gasteiger partial charge in [-0.25, -0.2) is 0 Å². The van der Waals surface area contributed by atoms with Crippen LogP contribution in [0, 0.1) is 27.7 Å². The third-order valence-electron chi connectivity index (χ3n) is 6.28. The number of carbonyl (C=O) groups is 2. The van der Waals surface area contributed by atoms with Gasteiger partial charge in [0.05, 0.1) is 25.1 Å². The first-order valence-corrected chi connectivity index (χ1v) is 13.2. The number of thioether (sulfide) groups is 1. The Morgan fingerprint density at radius 3 is 2.45 bits per heavy atom. The van der Waals surface area contributed by atoms with E-state index in [9.17, 15) is 9.59 Å². The van der Waals surface area contributed by atoms with Gasteiger partial charge >= 0.3 is 0 Å². The minimum absolute atomic E-state index is 0.131. The number of nitrogens with one attached hydrogen (secondary N) is 2. The van der Waals surface area contributed by atoms with Crippen LogP contribution in [0.15, 0.2) is 65.8 Å². The smallest absolute Gasteiger partial charge is 0.251 e. The molecule has 4 rings (SSSR count). The van der Waals surface area contributed by atoms with Crippen LogP contribution >= 0.6 is 11.8 Å². The summed E-state index contributed by atoms with van der Waals surface area (Å²) in [6.07, 6.45) is 0. The number of nitrogens with zero attached hydrogens (tertiary/aromatic N) is 3. The second kappa shape index (κ2) is 12.0. The second-order valence-electron chi connectivity index (χ2n) is 9.02. The van der Waals surface area contributed by atoms with Gasteiger partial charge in [-0.2, -0.15) is 0 Å². The molecular formula is C29H31N5O3S. The number of hydrogen-bond donors (Lipinski definition) is 2. The number of methoxy groups -OCH3 is 1. The Morgan fingerprint density at radius 1 is 0.947 bits per heavy atom. The molecule has 0 aliphatic heterocycles. The van der Waals surface area contributed by atoms with Gasteiger partial charge in [0, 0.05) is 11.3 Å². The third kappa shape index (κ3) is 6.23. The van der Waals surface area contributed by atoms with Crippen molar-refractivity contribution in [2.75, 3.05) is 18.2 Å². The molecule has 8 nitrogen and oxygen atoms in total. The maximum absolute atomic E-state index is 12.8. The van der Waals surface area contributed by atoms with E-state index in [0.717, 1.165) is 33.6 Å². The van der Waals surface area contributed by atoms with Crippen molar-refractivity contribution in [1.82, 2.24) is 20.1 Å². The second-order valence-corrected chi connectivity index (χ2v) is 9.96. The minimum atomic E-state index is -0.231. The Labute approximate surface area is 226 Å². The molecule has 1 heterocycles. The molecule has 0 radical (unpaired) electrons. The molecule has 1 aromatic heterocycles. The molecule has 196 valence electrons. The normalized spacial score (nSPS) is 10.8. The first-order chi connectivity index (χ1) is 18.3. The summed E-state index contributed by atoms with van der Waals surface area (Å²) >= 11 is 1.30. The fourth-order valence-corrected chi connectivity index (χ4v) is 4.68. The van der Waals surface area contributed by atoms with Crippen LogP contribution in [-0.2, 0) is 11.3 Å². The number of carbonyl (C=O) groups excluding carboxylic acids is 2. The standard InChI is InChI=1S/C29H31N5O3S/c1-18-9-10-20(3)25(15-18)34-26(16-30-28(36)22-11-13-23(37-5)14-12-22)32-33-29(34)38-17-27(35)31-24-8-6-7-19(2)21(24)4/h6-15H,16-17H2,1-5H3,(H,30,36)(H,31,35). The Balaban J connectivity index is 1.54. The molecule has 0 aliphatic carbocycles. The number of anilines is 1. The molecule has 0 saturated carbocycles. The van der Waals surface area contributed by atoms with Gasteiger partial charge in [0.25, 0.3) is 5.91 Å². The highest BCUT2D eigenvalue weighted by molar-refractivity contribution is 7.99. The maximum Gasteiger partial charge on any atom is 0.251 e. The van der Waals surface area contributed by atoms with Crippen molar-refractivity contribution in [3.8, 4) is 11.4 Å². The van der Waals surface area contributed by atoms with Crippen LogP contribution in [0.2, 0.25) is 0 Å². The number of aryl methyl sites for hydroxylation is 3. The highest BCUT2D eigenvalue weighted by atomic mass is 32.2. The van der Waals surface area contributed by atoms with Crippen molar-refractivity contribution in [2.24, 2.45) is 0 Å². The van der Waals surface area contributed by atoms with E-state index in [0.29, 0.717) is 22.3 Å². The van der Waals surface area contributed by atoms with Crippen molar-refractivity contribution in [3.05, 3.63) is 94.3 Å². The summed E-state index contributed by atoms with van der Waals surface area (Å²) in [5, 5.41) is 15.2. The van der Waals surface area contributed by atoms with Crippen LogP contribution in [0.25, 0.3) is 5.69 Å². The van der Waals surface area contributed by atoms with E-state index in [-0.39, 0.29) is 24.1 Å². The molecule has 3 aromatic carbocycles. The molecule has 9 heteroatoms. The Morgan fingerprint density at radius 2 is 1.71 bits per heavy atom. The monoisotopic (exact) mass is 529 g/mol. The summed E-state index contributed by atoms with van der Waals surface area (Å²) in [4.78, 5) is 25.6. The molecule has 0 atom stereocenters. The lowest BCUT2D eigenvalue weighted by molar-refractivity contribution is -0.113. The molecule has 4 aromatic rings. The van der Waals surface area contributed by atoms with Crippen LogP contribution in [0.5, 0.6) is 5.75 Å². The fourth-order valence-electron chi connectivity index (χ4n) is 3.92. The average molecular weight is 530 g/mol. The van der Waals surface area contributed by atoms with Gasteiger partial charge in [-0.1, -0.05) is 36.0 Å². The first kappa shape index (κ1) is 26.9. The lowest BCUT2D eigenvalue weighted by atomic mass is 10.1. The van der Waals surface area contributed by atoms with Crippen molar-refractivity contribution in [3.63, 3.8) is 0 Å². The van der Waals surface area contributed by atoms with E-state index in [1.165, 1.54) is 11.8 Å². The summed E-state index contributed by atoms with van der Waals surface area (Å²) in [6, 6.07) is 18.9. The van der Waals surface area contributed by atoms with E-state index in [1.54, 1.807) is 31.4 Å². The van der Waals surface area contributed by atoms with Crippen molar-refractivity contribution >= 4 is 29.3 Å². The van der Waals surface area contributed by atoms with Crippen molar-refractivity contribution < 1.29 is 14.3 Å². The molecule has 2 amide bonds. The van der Waals surface area contributed by atoms with Crippen LogP contribution in [0.4, 0.5) is 5.69 Å². The van der Waals surface area contributed by atoms with Crippen LogP contribution in [-0.4, -0.2) is 39.4 Å². The molecule has 0 unspecified atom stereocenters. The zero-order valence-corrected chi connectivity index (χ0v) is 23.0. The maximum atomic E-state index is 12.8. The average Bonchev–Trinajstić information content (AvgIpc) is 3.32. The Bertz CT molecular complexity index is 1460. The summed E-state index contributed by atoms with van der Waals surface area (Å²) < 4.78 is 7.08. The van der Waals surface area contributed by atoms with Crippen molar-refractivity contribution in [2.45, 2.75) is 39.4 Å². The molecule has 0 fully saturated rings. The molecule has 0 bridgehead atoms. The van der Waals surface area contributed by atoms with Gasteiger partial charge in [-0.3, -0.25) is 14.2 Å². The summed E-state index contributed by atoms with van der Waals surface area (Å²) in [7, 11) is 1.58. The fraction of sp³-hybridized carbons (Fsp3) is 0.241. The van der Waals surface area contributed by atoms with E-state index in [4.69, 9.17) is 4.74 Å². The highest BCUT2D eigenvalue weighted by Gasteiger charge is 2.19. The van der Waals surface area contributed by atoms with Crippen LogP contribution < -0.4 is 15.4 Å². The quantitative estimate of drug-likeness (QED) is 0.290. The molecule has 0 spiro atoms. The zero-order chi connectivity index (χ0) is 27.2. The van der Waals surface area contributed by atoms with Gasteiger partial charge in [-0.05, 0) is 86.3 Å². The van der Waals surface area contributed by atoms with Gasteiger partial charge in [0.1, 0.15) is 5.75 Å². The lowest BCUT2D eigenvalue weighted by Gasteiger charge is -2.14. The predicted octanol–water partition coefficient (Wildman–Crippen LogP) is 5.17. The predicted molar refractivity (Wildman–Crippen MR) is 150 cm³/mol. The molecule has 0 saturated heterocycles. The van der Waals surface area contributed by atoms with E-state index >= 15 is 0 Å². The highest BCUT2D eigenvalue weighted by Crippen LogP contribution is 2.26. The van der Waals surface area contributed by atoms with E-state index in [2.05, 4.69) is 20.8 Å². The third-order valence-corrected chi connectivity index (χ3v) is 7.21. The molecule has 0 aliphatic rings. The number of hydrogen-bond acceptors (Lipinski definition) is 6. The minimum Gasteiger partial charge on any atom is -0.497 e. The van der Waals surface area contributed by atoms with E-state index in [1.807, 2.05) is 68.7 Å². The van der Waals surface area contributed by atoms with Gasteiger partial charge < -0.3 is 15.4 Å². The number of benzene rings is 3. The number of ether oxygens (including phenoxy) is 1. The van der Waals surface area contributed by atoms with Gasteiger partial charge in [0.2, 0.25) is 5.91 Å². The summed E-state index contributed by atoms with van der Waals surface area (Å²) in [5.41, 5.74) is 6.48. The Hall–Kier alpha value is -4.11. The van der Waals surface area contributed by atoms with Crippen LogP contribution in [0.1, 0.15) is 38.4 Å². The largest absolute Gasteiger partial charge is 0.497 e. The van der Waals surface area contributed by atoms with Crippen molar-refractivity contribution in [1.29, 1.82) is 0 Å². The summed E-state index contributed by atoms with van der Waals surface area (Å²) in [6.45, 7) is 8.20. The topological polar surface area (TPSA) is 98.1 Å². The summed E-state index contributed by atoms with van der Waals surface area (Å²) in [5.74, 6) is 1.05. The number of rotatable bonds is 9. The Kier molecular flexibility index (Phi) is 8.48. The van der Waals surface area contributed by atoms with Crippen LogP contribution in [0.3, 0.4) is 0 Å². The molecule has 2 N–H and O–H groups in total. The molecule has 38 heavy (non-hydrogen) atoms. The first-order valence-electron chi connectivity index (χ1n) is 12.2. The van der Waals surface area contributed by atoms with Gasteiger partial charge in [-0.15, -0.1) is 10.2 Å². The molecular weight excluding hydrogens is 498 g/mol. The number of aromatic nitrogens is 3. The lowest BCUT2D eigenvalue weighted by Crippen LogP contribution is -2.24. The zero-order valence-electron chi connectivity index (χ0n) is 22.2. The van der Waals surface area contributed by atoms with E-state index < -0.39 is 0 Å². The number of amides is 2. The van der Waals surface area contributed by atoms with Gasteiger partial charge in [0.15, 0.2) is 11.0 Å².